The van der Waals surface area contributed by atoms with Crippen molar-refractivity contribution in [2.45, 2.75) is 24.7 Å². The third-order valence-corrected chi connectivity index (χ3v) is 2.24. The largest absolute Gasteiger partial charge is 0.403 e. The molecule has 3 N–H and O–H groups in total. The van der Waals surface area contributed by atoms with Crippen molar-refractivity contribution < 1.29 is 27.1 Å². The molecule has 0 aliphatic heterocycles. The highest BCUT2D eigenvalue weighted by Gasteiger charge is 2.38. The highest BCUT2D eigenvalue weighted by atomic mass is 19.4. The van der Waals surface area contributed by atoms with Gasteiger partial charge in [0, 0.05) is 12.0 Å². The maximum Gasteiger partial charge on any atom is 0.403 e. The highest BCUT2D eigenvalue weighted by Crippen LogP contribution is 2.28. The fraction of sp³-hybridized carbons (Fsp3) is 0.400. The van der Waals surface area contributed by atoms with Gasteiger partial charge in [0.05, 0.1) is 6.10 Å². The second-order valence-corrected chi connectivity index (χ2v) is 3.54. The summed E-state index contributed by atoms with van der Waals surface area (Å²) in [6.07, 6.45) is -7.42. The van der Waals surface area contributed by atoms with Crippen molar-refractivity contribution in [1.29, 1.82) is 0 Å². The van der Waals surface area contributed by atoms with E-state index in [2.05, 4.69) is 0 Å². The summed E-state index contributed by atoms with van der Waals surface area (Å²) in [7, 11) is 0. The van der Waals surface area contributed by atoms with E-state index < -0.39 is 41.9 Å². The molecule has 1 rings (SSSR count). The van der Waals surface area contributed by atoms with Gasteiger partial charge in [-0.2, -0.15) is 13.2 Å². The molecule has 96 valence electrons. The minimum Gasteiger partial charge on any atom is -0.388 e. The average Bonchev–Trinajstić information content (AvgIpc) is 2.20. The molecule has 0 spiro atoms. The summed E-state index contributed by atoms with van der Waals surface area (Å²) in [5.41, 5.74) is 4.24. The highest BCUT2D eigenvalue weighted by molar-refractivity contribution is 5.21. The summed E-state index contributed by atoms with van der Waals surface area (Å²) in [6, 6.07) is 0.609. The van der Waals surface area contributed by atoms with Gasteiger partial charge in [0.15, 0.2) is 11.6 Å². The predicted octanol–water partition coefficient (Wildman–Crippen LogP) is 2.28. The van der Waals surface area contributed by atoms with Crippen LogP contribution in [0.3, 0.4) is 0 Å². The quantitative estimate of drug-likeness (QED) is 0.814. The van der Waals surface area contributed by atoms with Crippen LogP contribution in [0.25, 0.3) is 0 Å². The Morgan fingerprint density at radius 3 is 2.35 bits per heavy atom. The number of hydrogen-bond acceptors (Lipinski definition) is 2. The van der Waals surface area contributed by atoms with E-state index in [1.807, 2.05) is 0 Å². The molecule has 7 heteroatoms. The smallest absolute Gasteiger partial charge is 0.388 e. The molecule has 0 fully saturated rings. The zero-order chi connectivity index (χ0) is 13.2. The molecule has 2 nitrogen and oxygen atoms in total. The van der Waals surface area contributed by atoms with E-state index in [0.717, 1.165) is 18.2 Å². The monoisotopic (exact) mass is 255 g/mol. The second kappa shape index (κ2) is 4.97. The van der Waals surface area contributed by atoms with Gasteiger partial charge in [0.1, 0.15) is 6.04 Å². The van der Waals surface area contributed by atoms with E-state index in [1.165, 1.54) is 0 Å². The first-order chi connectivity index (χ1) is 7.73. The third kappa shape index (κ3) is 3.37. The second-order valence-electron chi connectivity index (χ2n) is 3.54. The molecular weight excluding hydrogens is 245 g/mol. The molecule has 0 aliphatic carbocycles. The summed E-state index contributed by atoms with van der Waals surface area (Å²) in [5.74, 6) is -2.60. The van der Waals surface area contributed by atoms with Gasteiger partial charge in [0.2, 0.25) is 0 Å². The van der Waals surface area contributed by atoms with Gasteiger partial charge in [-0.1, -0.05) is 12.1 Å². The summed E-state index contributed by atoms with van der Waals surface area (Å²) in [5, 5.41) is 9.37. The molecule has 0 aromatic heterocycles. The van der Waals surface area contributed by atoms with Gasteiger partial charge < -0.3 is 10.8 Å². The van der Waals surface area contributed by atoms with Crippen molar-refractivity contribution in [2.75, 3.05) is 0 Å². The summed E-state index contributed by atoms with van der Waals surface area (Å²) < 4.78 is 62.2. The molecule has 1 aromatic carbocycles. The van der Waals surface area contributed by atoms with Gasteiger partial charge in [-0.05, 0) is 6.07 Å². The van der Waals surface area contributed by atoms with Crippen LogP contribution in [0.2, 0.25) is 0 Å². The van der Waals surface area contributed by atoms with Crippen LogP contribution in [0.5, 0.6) is 0 Å². The standard InChI is InChI=1S/C10H10F5NO/c11-6-3-1-2-5(9(6)12)7(17)4-8(16)10(13,14)15/h1-3,7-8,17H,4,16H2/t7-,8-/m0/s1. The fourth-order valence-electron chi connectivity index (χ4n) is 1.28. The van der Waals surface area contributed by atoms with Gasteiger partial charge in [0.25, 0.3) is 0 Å². The fourth-order valence-corrected chi connectivity index (χ4v) is 1.28. The van der Waals surface area contributed by atoms with Crippen LogP contribution in [0, 0.1) is 11.6 Å². The number of rotatable bonds is 3. The summed E-state index contributed by atoms with van der Waals surface area (Å²) in [6.45, 7) is 0. The molecule has 0 radical (unpaired) electrons. The minimum atomic E-state index is -4.69. The summed E-state index contributed by atoms with van der Waals surface area (Å²) >= 11 is 0. The molecule has 0 aliphatic rings. The first kappa shape index (κ1) is 13.9. The zero-order valence-electron chi connectivity index (χ0n) is 8.51. The number of aliphatic hydroxyl groups excluding tert-OH is 1. The van der Waals surface area contributed by atoms with Crippen molar-refractivity contribution in [1.82, 2.24) is 0 Å². The van der Waals surface area contributed by atoms with E-state index in [4.69, 9.17) is 5.73 Å². The molecule has 2 atom stereocenters. The Bertz CT molecular complexity index is 393. The summed E-state index contributed by atoms with van der Waals surface area (Å²) in [4.78, 5) is 0. The molecule has 0 saturated carbocycles. The van der Waals surface area contributed by atoms with Crippen LogP contribution in [0.15, 0.2) is 18.2 Å². The lowest BCUT2D eigenvalue weighted by Gasteiger charge is -2.19. The molecule has 1 aromatic rings. The van der Waals surface area contributed by atoms with Gasteiger partial charge in [-0.15, -0.1) is 0 Å². The van der Waals surface area contributed by atoms with E-state index >= 15 is 0 Å². The average molecular weight is 255 g/mol. The predicted molar refractivity (Wildman–Crippen MR) is 50.0 cm³/mol. The van der Waals surface area contributed by atoms with Crippen molar-refractivity contribution in [3.63, 3.8) is 0 Å². The number of benzene rings is 1. The van der Waals surface area contributed by atoms with Crippen molar-refractivity contribution in [3.8, 4) is 0 Å². The van der Waals surface area contributed by atoms with E-state index in [1.54, 1.807) is 0 Å². The van der Waals surface area contributed by atoms with Crippen LogP contribution in [-0.2, 0) is 0 Å². The minimum absolute atomic E-state index is 0.537. The Kier molecular flexibility index (Phi) is 4.05. The van der Waals surface area contributed by atoms with Crippen LogP contribution in [0.1, 0.15) is 18.1 Å². The maximum atomic E-state index is 13.1. The van der Waals surface area contributed by atoms with Crippen LogP contribution in [-0.4, -0.2) is 17.3 Å². The zero-order valence-corrected chi connectivity index (χ0v) is 8.51. The Morgan fingerprint density at radius 2 is 1.82 bits per heavy atom. The Hall–Kier alpha value is -1.21. The third-order valence-electron chi connectivity index (χ3n) is 2.24. The normalized spacial score (nSPS) is 15.7. The van der Waals surface area contributed by atoms with Crippen molar-refractivity contribution in [2.24, 2.45) is 5.73 Å². The molecule has 0 amide bonds. The molecule has 0 heterocycles. The lowest BCUT2D eigenvalue weighted by molar-refractivity contribution is -0.154. The van der Waals surface area contributed by atoms with Crippen LogP contribution in [0.4, 0.5) is 22.0 Å². The number of aliphatic hydroxyl groups is 1. The lowest BCUT2D eigenvalue weighted by Crippen LogP contribution is -2.38. The SMILES string of the molecule is N[C@@H](C[C@H](O)c1cccc(F)c1F)C(F)(F)F. The molecule has 17 heavy (non-hydrogen) atoms. The number of halogens is 5. The molecular formula is C10H10F5NO. The van der Waals surface area contributed by atoms with Gasteiger partial charge in [-0.3, -0.25) is 0 Å². The Balaban J connectivity index is 2.84. The molecule has 0 saturated heterocycles. The van der Waals surface area contributed by atoms with Gasteiger partial charge >= 0.3 is 6.18 Å². The van der Waals surface area contributed by atoms with Crippen LogP contribution >= 0.6 is 0 Å². The van der Waals surface area contributed by atoms with Crippen molar-refractivity contribution >= 4 is 0 Å². The van der Waals surface area contributed by atoms with Gasteiger partial charge in [-0.25, -0.2) is 8.78 Å². The Labute approximate surface area is 93.9 Å². The maximum absolute atomic E-state index is 13.1. The first-order valence-electron chi connectivity index (χ1n) is 4.67. The first-order valence-corrected chi connectivity index (χ1v) is 4.67. The van der Waals surface area contributed by atoms with Crippen molar-refractivity contribution in [3.05, 3.63) is 35.4 Å². The van der Waals surface area contributed by atoms with Crippen LogP contribution < -0.4 is 5.73 Å². The Morgan fingerprint density at radius 1 is 1.24 bits per heavy atom. The lowest BCUT2D eigenvalue weighted by atomic mass is 10.0. The number of hydrogen-bond donors (Lipinski definition) is 2. The number of alkyl halides is 3. The van der Waals surface area contributed by atoms with E-state index in [-0.39, 0.29) is 0 Å². The topological polar surface area (TPSA) is 46.2 Å². The molecule has 0 bridgehead atoms. The van der Waals surface area contributed by atoms with E-state index in [0.29, 0.717) is 0 Å². The number of nitrogens with two attached hydrogens (primary N) is 1. The molecule has 0 unspecified atom stereocenters. The van der Waals surface area contributed by atoms with E-state index in [9.17, 15) is 27.1 Å².